The molecule has 0 saturated carbocycles. The number of amides is 3. The minimum absolute atomic E-state index is 0.0358. The van der Waals surface area contributed by atoms with Crippen LogP contribution >= 0.6 is 11.8 Å². The van der Waals surface area contributed by atoms with Crippen molar-refractivity contribution in [3.8, 4) is 6.07 Å². The number of anilines is 2. The van der Waals surface area contributed by atoms with Gasteiger partial charge in [-0.25, -0.2) is 0 Å². The standard InChI is InChI=1S/C27H41N5O5S/c1-4-7-13-36-14-15-37-19-24(33)31-22-10-8-9-21(17-22)30-12-11-23-27(35)32(6-3)25(38-23)16-20(18-28)26(34)29-5-2/h8-10,17,20,23,25,30H,4-7,11-16,19H2,1-3H3,(H,29,34)(H,31,33). The van der Waals surface area contributed by atoms with Gasteiger partial charge in [-0.3, -0.25) is 14.4 Å². The minimum atomic E-state index is -0.784. The van der Waals surface area contributed by atoms with Crippen molar-refractivity contribution in [1.82, 2.24) is 10.2 Å². The first-order valence-electron chi connectivity index (χ1n) is 13.4. The Hall–Kier alpha value is -2.81. The largest absolute Gasteiger partial charge is 0.385 e. The van der Waals surface area contributed by atoms with Crippen molar-refractivity contribution in [3.63, 3.8) is 0 Å². The van der Waals surface area contributed by atoms with E-state index in [9.17, 15) is 19.6 Å². The summed E-state index contributed by atoms with van der Waals surface area (Å²) >= 11 is 1.52. The number of rotatable bonds is 18. The average Bonchev–Trinajstić information content (AvgIpc) is 3.20. The van der Waals surface area contributed by atoms with Crippen LogP contribution in [0.25, 0.3) is 0 Å². The van der Waals surface area contributed by atoms with E-state index >= 15 is 0 Å². The minimum Gasteiger partial charge on any atom is -0.385 e. The first kappa shape index (κ1) is 31.4. The number of ether oxygens (including phenoxy) is 2. The molecule has 3 amide bonds. The van der Waals surface area contributed by atoms with Crippen LogP contribution in [0.1, 0.15) is 46.5 Å². The molecule has 1 aromatic rings. The number of benzene rings is 1. The van der Waals surface area contributed by atoms with E-state index in [-0.39, 0.29) is 35.0 Å². The first-order chi connectivity index (χ1) is 18.4. The summed E-state index contributed by atoms with van der Waals surface area (Å²) in [6.45, 7) is 8.88. The highest BCUT2D eigenvalue weighted by atomic mass is 32.2. The lowest BCUT2D eigenvalue weighted by molar-refractivity contribution is -0.131. The molecular weight excluding hydrogens is 506 g/mol. The lowest BCUT2D eigenvalue weighted by Crippen LogP contribution is -2.38. The number of thioether (sulfide) groups is 1. The SMILES string of the molecule is CCCCOCCOCC(=O)Nc1cccc(NCCC2SC(CC(C#N)C(=O)NCC)N(CC)C2=O)c1. The van der Waals surface area contributed by atoms with Crippen LogP contribution in [0.2, 0.25) is 0 Å². The lowest BCUT2D eigenvalue weighted by Gasteiger charge is -2.23. The predicted molar refractivity (Wildman–Crippen MR) is 150 cm³/mol. The molecule has 3 atom stereocenters. The zero-order chi connectivity index (χ0) is 27.8. The van der Waals surface area contributed by atoms with Gasteiger partial charge in [-0.15, -0.1) is 11.8 Å². The molecule has 1 saturated heterocycles. The van der Waals surface area contributed by atoms with Crippen molar-refractivity contribution in [2.45, 2.75) is 57.1 Å². The summed E-state index contributed by atoms with van der Waals surface area (Å²) in [5.74, 6) is -1.28. The van der Waals surface area contributed by atoms with Crippen molar-refractivity contribution in [2.24, 2.45) is 5.92 Å². The second-order valence-electron chi connectivity index (χ2n) is 8.88. The second-order valence-corrected chi connectivity index (χ2v) is 10.3. The third-order valence-corrected chi connectivity index (χ3v) is 7.49. The van der Waals surface area contributed by atoms with E-state index in [0.29, 0.717) is 58.0 Å². The van der Waals surface area contributed by atoms with E-state index in [1.54, 1.807) is 11.0 Å². The van der Waals surface area contributed by atoms with Gasteiger partial charge in [0.1, 0.15) is 12.5 Å². The molecular formula is C27H41N5O5S. The molecule has 38 heavy (non-hydrogen) atoms. The molecule has 210 valence electrons. The fourth-order valence-electron chi connectivity index (χ4n) is 3.98. The Bertz CT molecular complexity index is 941. The maximum atomic E-state index is 12.9. The van der Waals surface area contributed by atoms with Crippen molar-refractivity contribution in [2.75, 3.05) is 56.7 Å². The lowest BCUT2D eigenvalue weighted by atomic mass is 10.1. The van der Waals surface area contributed by atoms with Crippen LogP contribution in [0.4, 0.5) is 11.4 Å². The molecule has 0 radical (unpaired) electrons. The quantitative estimate of drug-likeness (QED) is 0.239. The topological polar surface area (TPSA) is 133 Å². The van der Waals surface area contributed by atoms with Crippen molar-refractivity contribution in [1.29, 1.82) is 5.26 Å². The normalized spacial score (nSPS) is 17.6. The molecule has 1 aliphatic rings. The Labute approximate surface area is 230 Å². The smallest absolute Gasteiger partial charge is 0.250 e. The molecule has 0 aliphatic carbocycles. The van der Waals surface area contributed by atoms with Crippen molar-refractivity contribution in [3.05, 3.63) is 24.3 Å². The zero-order valence-electron chi connectivity index (χ0n) is 22.7. The summed E-state index contributed by atoms with van der Waals surface area (Å²) in [7, 11) is 0. The maximum absolute atomic E-state index is 12.9. The highest BCUT2D eigenvalue weighted by Gasteiger charge is 2.40. The van der Waals surface area contributed by atoms with Crippen LogP contribution in [0.5, 0.6) is 0 Å². The maximum Gasteiger partial charge on any atom is 0.250 e. The summed E-state index contributed by atoms with van der Waals surface area (Å²) < 4.78 is 10.8. The number of carbonyl (C=O) groups excluding carboxylic acids is 3. The predicted octanol–water partition coefficient (Wildman–Crippen LogP) is 3.22. The van der Waals surface area contributed by atoms with E-state index in [1.165, 1.54) is 11.8 Å². The molecule has 3 unspecified atom stereocenters. The monoisotopic (exact) mass is 547 g/mol. The number of nitriles is 1. The average molecular weight is 548 g/mol. The number of hydrogen-bond donors (Lipinski definition) is 3. The third kappa shape index (κ3) is 10.5. The third-order valence-electron chi connectivity index (χ3n) is 5.96. The van der Waals surface area contributed by atoms with E-state index in [2.05, 4.69) is 28.9 Å². The fraction of sp³-hybridized carbons (Fsp3) is 0.630. The summed E-state index contributed by atoms with van der Waals surface area (Å²) in [4.78, 5) is 39.0. The molecule has 1 aliphatic heterocycles. The molecule has 0 aromatic heterocycles. The van der Waals surface area contributed by atoms with E-state index in [1.807, 2.05) is 32.0 Å². The molecule has 1 heterocycles. The molecule has 3 N–H and O–H groups in total. The van der Waals surface area contributed by atoms with Crippen molar-refractivity contribution >= 4 is 40.9 Å². The van der Waals surface area contributed by atoms with Crippen LogP contribution < -0.4 is 16.0 Å². The zero-order valence-corrected chi connectivity index (χ0v) is 23.5. The molecule has 11 heteroatoms. The van der Waals surface area contributed by atoms with Crippen LogP contribution in [0.3, 0.4) is 0 Å². The van der Waals surface area contributed by atoms with Gasteiger partial charge in [-0.2, -0.15) is 5.26 Å². The molecule has 1 aromatic carbocycles. The number of nitrogens with zero attached hydrogens (tertiary/aromatic N) is 2. The van der Waals surface area contributed by atoms with Crippen molar-refractivity contribution < 1.29 is 23.9 Å². The second kappa shape index (κ2) is 17.7. The molecule has 0 spiro atoms. The number of carbonyl (C=O) groups is 3. The fourth-order valence-corrected chi connectivity index (χ4v) is 5.57. The molecule has 0 bridgehead atoms. The van der Waals surface area contributed by atoms with Gasteiger partial charge in [0.05, 0.1) is 29.9 Å². The summed E-state index contributed by atoms with van der Waals surface area (Å²) in [6, 6.07) is 9.45. The summed E-state index contributed by atoms with van der Waals surface area (Å²) in [5, 5.41) is 17.8. The number of hydrogen-bond acceptors (Lipinski definition) is 8. The molecule has 2 rings (SSSR count). The van der Waals surface area contributed by atoms with E-state index in [0.717, 1.165) is 18.5 Å². The number of unbranched alkanes of at least 4 members (excludes halogenated alkanes) is 1. The van der Waals surface area contributed by atoms with E-state index < -0.39 is 5.92 Å². The van der Waals surface area contributed by atoms with Crippen LogP contribution in [-0.2, 0) is 23.9 Å². The van der Waals surface area contributed by atoms with Crippen LogP contribution in [-0.4, -0.2) is 79.3 Å². The van der Waals surface area contributed by atoms with Gasteiger partial charge in [0.25, 0.3) is 0 Å². The van der Waals surface area contributed by atoms with Gasteiger partial charge >= 0.3 is 0 Å². The Balaban J connectivity index is 1.78. The molecule has 1 fully saturated rings. The Morgan fingerprint density at radius 3 is 2.63 bits per heavy atom. The first-order valence-corrected chi connectivity index (χ1v) is 14.3. The van der Waals surface area contributed by atoms with Gasteiger partial charge in [0.15, 0.2) is 0 Å². The Morgan fingerprint density at radius 1 is 1.16 bits per heavy atom. The van der Waals surface area contributed by atoms with Crippen LogP contribution in [0, 0.1) is 17.2 Å². The van der Waals surface area contributed by atoms with Crippen LogP contribution in [0.15, 0.2) is 24.3 Å². The number of nitrogens with one attached hydrogen (secondary N) is 3. The highest BCUT2D eigenvalue weighted by Crippen LogP contribution is 2.37. The highest BCUT2D eigenvalue weighted by molar-refractivity contribution is 8.01. The summed E-state index contributed by atoms with van der Waals surface area (Å²) in [5.41, 5.74) is 1.48. The van der Waals surface area contributed by atoms with Gasteiger partial charge in [0, 0.05) is 44.0 Å². The Morgan fingerprint density at radius 2 is 1.92 bits per heavy atom. The van der Waals surface area contributed by atoms with Gasteiger partial charge in [-0.1, -0.05) is 19.4 Å². The van der Waals surface area contributed by atoms with Gasteiger partial charge in [0.2, 0.25) is 17.7 Å². The van der Waals surface area contributed by atoms with E-state index in [4.69, 9.17) is 9.47 Å². The molecule has 10 nitrogen and oxygen atoms in total. The van der Waals surface area contributed by atoms with Gasteiger partial charge < -0.3 is 30.3 Å². The van der Waals surface area contributed by atoms with Gasteiger partial charge in [-0.05, 0) is 44.9 Å². The summed E-state index contributed by atoms with van der Waals surface area (Å²) in [6.07, 6.45) is 3.00. The Kier molecular flexibility index (Phi) is 14.6.